The second-order valence-electron chi connectivity index (χ2n) is 3.85. The Morgan fingerprint density at radius 3 is 2.85 bits per heavy atom. The van der Waals surface area contributed by atoms with Crippen LogP contribution in [0.15, 0.2) is 24.4 Å². The van der Waals surface area contributed by atoms with Crippen LogP contribution in [-0.4, -0.2) is 18.1 Å². The Morgan fingerprint density at radius 1 is 1.46 bits per heavy atom. The predicted octanol–water partition coefficient (Wildman–Crippen LogP) is 1.79. The van der Waals surface area contributed by atoms with Crippen molar-refractivity contribution in [2.75, 3.05) is 7.05 Å². The van der Waals surface area contributed by atoms with Gasteiger partial charge in [-0.05, 0) is 31.5 Å². The van der Waals surface area contributed by atoms with Gasteiger partial charge in [-0.25, -0.2) is 0 Å². The van der Waals surface area contributed by atoms with Gasteiger partial charge < -0.3 is 5.32 Å². The highest BCUT2D eigenvalue weighted by Gasteiger charge is 2.37. The first-order valence-electron chi connectivity index (χ1n) is 4.91. The Labute approximate surface area is 79.4 Å². The van der Waals surface area contributed by atoms with Crippen molar-refractivity contribution in [1.29, 1.82) is 0 Å². The largest absolute Gasteiger partial charge is 0.317 e. The van der Waals surface area contributed by atoms with Crippen molar-refractivity contribution in [1.82, 2.24) is 10.3 Å². The minimum absolute atomic E-state index is 0.665. The van der Waals surface area contributed by atoms with Crippen molar-refractivity contribution in [2.45, 2.75) is 25.3 Å². The standard InChI is InChI=1S/C11H16N2/c1-8-9(7-11(8)12-2)10-5-3-4-6-13-10/h3-6,8-9,11-12H,7H2,1-2H3. The maximum atomic E-state index is 4.39. The topological polar surface area (TPSA) is 24.9 Å². The molecule has 0 aromatic carbocycles. The molecule has 1 saturated carbocycles. The number of hydrogen-bond acceptors (Lipinski definition) is 2. The van der Waals surface area contributed by atoms with Crippen LogP contribution in [0.2, 0.25) is 0 Å². The molecule has 13 heavy (non-hydrogen) atoms. The molecule has 0 amide bonds. The maximum absolute atomic E-state index is 4.39. The summed E-state index contributed by atoms with van der Waals surface area (Å²) in [4.78, 5) is 4.39. The number of nitrogens with zero attached hydrogens (tertiary/aromatic N) is 1. The average Bonchev–Trinajstić information content (AvgIpc) is 2.18. The van der Waals surface area contributed by atoms with Gasteiger partial charge in [-0.2, -0.15) is 0 Å². The third-order valence-corrected chi connectivity index (χ3v) is 3.22. The minimum atomic E-state index is 0.665. The van der Waals surface area contributed by atoms with Gasteiger partial charge in [0.15, 0.2) is 0 Å². The van der Waals surface area contributed by atoms with Crippen molar-refractivity contribution in [3.8, 4) is 0 Å². The lowest BCUT2D eigenvalue weighted by Crippen LogP contribution is -2.46. The molecule has 2 heteroatoms. The minimum Gasteiger partial charge on any atom is -0.317 e. The Morgan fingerprint density at radius 2 is 2.31 bits per heavy atom. The molecular weight excluding hydrogens is 160 g/mol. The quantitative estimate of drug-likeness (QED) is 0.743. The molecule has 0 spiro atoms. The number of hydrogen-bond donors (Lipinski definition) is 1. The van der Waals surface area contributed by atoms with Gasteiger partial charge in [0.2, 0.25) is 0 Å². The smallest absolute Gasteiger partial charge is 0.0438 e. The summed E-state index contributed by atoms with van der Waals surface area (Å²) in [7, 11) is 2.04. The van der Waals surface area contributed by atoms with Crippen molar-refractivity contribution in [3.63, 3.8) is 0 Å². The zero-order valence-corrected chi connectivity index (χ0v) is 8.20. The normalized spacial score (nSPS) is 32.6. The fourth-order valence-electron chi connectivity index (χ4n) is 2.15. The molecule has 0 radical (unpaired) electrons. The highest BCUT2D eigenvalue weighted by atomic mass is 14.9. The Kier molecular flexibility index (Phi) is 2.32. The van der Waals surface area contributed by atoms with Crippen molar-refractivity contribution in [2.24, 2.45) is 5.92 Å². The summed E-state index contributed by atoms with van der Waals surface area (Å²) in [6, 6.07) is 6.86. The van der Waals surface area contributed by atoms with Crippen LogP contribution in [-0.2, 0) is 0 Å². The Bertz CT molecular complexity index is 271. The second-order valence-corrected chi connectivity index (χ2v) is 3.85. The van der Waals surface area contributed by atoms with Gasteiger partial charge in [0.05, 0.1) is 0 Å². The lowest BCUT2D eigenvalue weighted by Gasteiger charge is -2.42. The molecule has 0 bridgehead atoms. The number of rotatable bonds is 2. The molecule has 70 valence electrons. The molecular formula is C11H16N2. The third kappa shape index (κ3) is 1.46. The molecule has 1 aliphatic rings. The van der Waals surface area contributed by atoms with Crippen molar-refractivity contribution in [3.05, 3.63) is 30.1 Å². The van der Waals surface area contributed by atoms with Crippen LogP contribution in [0.4, 0.5) is 0 Å². The van der Waals surface area contributed by atoms with Crippen LogP contribution in [0.3, 0.4) is 0 Å². The molecule has 1 N–H and O–H groups in total. The van der Waals surface area contributed by atoms with Crippen LogP contribution in [0, 0.1) is 5.92 Å². The van der Waals surface area contributed by atoms with E-state index in [4.69, 9.17) is 0 Å². The Hall–Kier alpha value is -0.890. The van der Waals surface area contributed by atoms with E-state index >= 15 is 0 Å². The first kappa shape index (κ1) is 8.70. The summed E-state index contributed by atoms with van der Waals surface area (Å²) in [5, 5.41) is 3.32. The molecule has 1 aromatic rings. The number of pyridine rings is 1. The number of aromatic nitrogens is 1. The monoisotopic (exact) mass is 176 g/mol. The van der Waals surface area contributed by atoms with E-state index in [0.717, 1.165) is 5.92 Å². The fourth-order valence-corrected chi connectivity index (χ4v) is 2.15. The highest BCUT2D eigenvalue weighted by molar-refractivity contribution is 5.16. The highest BCUT2D eigenvalue weighted by Crippen LogP contribution is 2.41. The molecule has 2 rings (SSSR count). The van der Waals surface area contributed by atoms with E-state index in [1.165, 1.54) is 12.1 Å². The summed E-state index contributed by atoms with van der Waals surface area (Å²) >= 11 is 0. The van der Waals surface area contributed by atoms with Gasteiger partial charge in [0.1, 0.15) is 0 Å². The van der Waals surface area contributed by atoms with E-state index in [-0.39, 0.29) is 0 Å². The van der Waals surface area contributed by atoms with Gasteiger partial charge in [-0.15, -0.1) is 0 Å². The molecule has 3 unspecified atom stereocenters. The summed E-state index contributed by atoms with van der Waals surface area (Å²) in [5.74, 6) is 1.39. The first-order chi connectivity index (χ1) is 6.33. The average molecular weight is 176 g/mol. The van der Waals surface area contributed by atoms with E-state index in [1.807, 2.05) is 19.3 Å². The SMILES string of the molecule is CNC1CC(c2ccccn2)C1C. The fraction of sp³-hybridized carbons (Fsp3) is 0.545. The van der Waals surface area contributed by atoms with Crippen LogP contribution in [0.5, 0.6) is 0 Å². The summed E-state index contributed by atoms with van der Waals surface area (Å²) in [6.07, 6.45) is 3.11. The van der Waals surface area contributed by atoms with E-state index in [9.17, 15) is 0 Å². The molecule has 1 heterocycles. The van der Waals surface area contributed by atoms with Crippen LogP contribution in [0.1, 0.15) is 25.0 Å². The van der Waals surface area contributed by atoms with Gasteiger partial charge >= 0.3 is 0 Å². The van der Waals surface area contributed by atoms with Gasteiger partial charge in [0.25, 0.3) is 0 Å². The van der Waals surface area contributed by atoms with Crippen molar-refractivity contribution >= 4 is 0 Å². The zero-order valence-electron chi connectivity index (χ0n) is 8.20. The van der Waals surface area contributed by atoms with Gasteiger partial charge in [0, 0.05) is 23.9 Å². The maximum Gasteiger partial charge on any atom is 0.0438 e. The van der Waals surface area contributed by atoms with Crippen LogP contribution in [0.25, 0.3) is 0 Å². The predicted molar refractivity (Wildman–Crippen MR) is 53.6 cm³/mol. The summed E-state index contributed by atoms with van der Waals surface area (Å²) in [6.45, 7) is 2.30. The third-order valence-electron chi connectivity index (χ3n) is 3.22. The van der Waals surface area contributed by atoms with E-state index in [1.54, 1.807) is 0 Å². The molecule has 1 aliphatic carbocycles. The molecule has 2 nitrogen and oxygen atoms in total. The van der Waals surface area contributed by atoms with E-state index < -0.39 is 0 Å². The molecule has 0 saturated heterocycles. The number of nitrogens with one attached hydrogen (secondary N) is 1. The van der Waals surface area contributed by atoms with Crippen LogP contribution >= 0.6 is 0 Å². The van der Waals surface area contributed by atoms with Gasteiger partial charge in [-0.1, -0.05) is 13.0 Å². The second kappa shape index (κ2) is 3.46. The summed E-state index contributed by atoms with van der Waals surface area (Å²) < 4.78 is 0. The van der Waals surface area contributed by atoms with E-state index in [2.05, 4.69) is 29.4 Å². The molecule has 3 atom stereocenters. The lowest BCUT2D eigenvalue weighted by molar-refractivity contribution is 0.190. The zero-order chi connectivity index (χ0) is 9.26. The van der Waals surface area contributed by atoms with E-state index in [0.29, 0.717) is 12.0 Å². The Balaban J connectivity index is 2.06. The summed E-state index contributed by atoms with van der Waals surface area (Å²) in [5.41, 5.74) is 1.25. The lowest BCUT2D eigenvalue weighted by atomic mass is 9.68. The van der Waals surface area contributed by atoms with Crippen molar-refractivity contribution < 1.29 is 0 Å². The first-order valence-corrected chi connectivity index (χ1v) is 4.91. The molecule has 0 aliphatic heterocycles. The molecule has 1 aromatic heterocycles. The van der Waals surface area contributed by atoms with Gasteiger partial charge in [-0.3, -0.25) is 4.98 Å². The molecule has 1 fully saturated rings. The van der Waals surface area contributed by atoms with Crippen LogP contribution < -0.4 is 5.32 Å².